The number of hydrogen-bond acceptors (Lipinski definition) is 5. The second kappa shape index (κ2) is 5.05. The zero-order chi connectivity index (χ0) is 14.1. The average Bonchev–Trinajstić information content (AvgIpc) is 2.82. The van der Waals surface area contributed by atoms with Crippen molar-refractivity contribution in [2.24, 2.45) is 5.92 Å². The predicted octanol–water partition coefficient (Wildman–Crippen LogP) is 1.56. The maximum absolute atomic E-state index is 10.7. The number of rotatable bonds is 4. The number of aromatic nitrogens is 2. The lowest BCUT2D eigenvalue weighted by molar-refractivity contribution is -0.147. The number of carbonyl (C=O) groups is 1. The molecule has 0 radical (unpaired) electrons. The molecule has 1 N–H and O–H groups in total. The normalized spacial score (nSPS) is 16.1. The molecule has 1 fully saturated rings. The monoisotopic (exact) mass is 273 g/mol. The molecule has 104 valence electrons. The van der Waals surface area contributed by atoms with Crippen LogP contribution in [0.5, 0.6) is 0 Å². The molecule has 6 nitrogen and oxygen atoms in total. The molecule has 1 aliphatic rings. The first-order valence-electron chi connectivity index (χ1n) is 6.46. The fourth-order valence-corrected chi connectivity index (χ4v) is 2.19. The van der Waals surface area contributed by atoms with Gasteiger partial charge < -0.3 is 9.63 Å². The Kier molecular flexibility index (Phi) is 3.23. The molecule has 0 unspecified atom stereocenters. The van der Waals surface area contributed by atoms with Gasteiger partial charge >= 0.3 is 5.97 Å². The van der Waals surface area contributed by atoms with E-state index < -0.39 is 5.97 Å². The minimum Gasteiger partial charge on any atom is -0.481 e. The molecule has 3 rings (SSSR count). The lowest BCUT2D eigenvalue weighted by atomic mass is 10.0. The summed E-state index contributed by atoms with van der Waals surface area (Å²) in [5.74, 6) is 0.0707. The summed E-state index contributed by atoms with van der Waals surface area (Å²) in [5.41, 5.74) is 2.09. The summed E-state index contributed by atoms with van der Waals surface area (Å²) in [7, 11) is 0. The van der Waals surface area contributed by atoms with Crippen molar-refractivity contribution in [2.75, 3.05) is 13.1 Å². The highest BCUT2D eigenvalue weighted by Gasteiger charge is 2.33. The SMILES string of the molecule is Cc1ccc(-c2noc(CN3CC(C(=O)O)C3)n2)cc1. The first kappa shape index (κ1) is 12.8. The van der Waals surface area contributed by atoms with Gasteiger partial charge in [-0.2, -0.15) is 4.98 Å². The van der Waals surface area contributed by atoms with Gasteiger partial charge in [-0.15, -0.1) is 0 Å². The van der Waals surface area contributed by atoms with Crippen molar-refractivity contribution in [3.63, 3.8) is 0 Å². The third-order valence-corrected chi connectivity index (χ3v) is 3.44. The van der Waals surface area contributed by atoms with E-state index >= 15 is 0 Å². The Labute approximate surface area is 116 Å². The van der Waals surface area contributed by atoms with E-state index in [1.165, 1.54) is 5.56 Å². The third kappa shape index (κ3) is 2.55. The summed E-state index contributed by atoms with van der Waals surface area (Å²) in [6, 6.07) is 7.90. The van der Waals surface area contributed by atoms with Crippen LogP contribution in [-0.4, -0.2) is 39.2 Å². The Balaban J connectivity index is 1.63. The van der Waals surface area contributed by atoms with Crippen molar-refractivity contribution < 1.29 is 14.4 Å². The van der Waals surface area contributed by atoms with Crippen LogP contribution in [0.3, 0.4) is 0 Å². The Morgan fingerprint density at radius 1 is 1.40 bits per heavy atom. The van der Waals surface area contributed by atoms with Crippen LogP contribution in [0.4, 0.5) is 0 Å². The van der Waals surface area contributed by atoms with Crippen LogP contribution in [0.2, 0.25) is 0 Å². The van der Waals surface area contributed by atoms with Crippen molar-refractivity contribution in [1.82, 2.24) is 15.0 Å². The average molecular weight is 273 g/mol. The van der Waals surface area contributed by atoms with Crippen molar-refractivity contribution in [3.05, 3.63) is 35.7 Å². The van der Waals surface area contributed by atoms with Gasteiger partial charge in [0.1, 0.15) is 0 Å². The molecule has 2 heterocycles. The minimum atomic E-state index is -0.743. The molecular weight excluding hydrogens is 258 g/mol. The van der Waals surface area contributed by atoms with E-state index in [9.17, 15) is 4.79 Å². The summed E-state index contributed by atoms with van der Waals surface area (Å²) in [6.45, 7) is 3.60. The van der Waals surface area contributed by atoms with Crippen molar-refractivity contribution in [3.8, 4) is 11.4 Å². The van der Waals surface area contributed by atoms with Crippen LogP contribution in [0.1, 0.15) is 11.5 Å². The van der Waals surface area contributed by atoms with Crippen molar-refractivity contribution in [2.45, 2.75) is 13.5 Å². The Morgan fingerprint density at radius 2 is 2.10 bits per heavy atom. The summed E-state index contributed by atoms with van der Waals surface area (Å²) in [4.78, 5) is 17.0. The lowest BCUT2D eigenvalue weighted by Crippen LogP contribution is -2.49. The quantitative estimate of drug-likeness (QED) is 0.910. The maximum Gasteiger partial charge on any atom is 0.309 e. The second-order valence-corrected chi connectivity index (χ2v) is 5.11. The van der Waals surface area contributed by atoms with Crippen LogP contribution in [0.25, 0.3) is 11.4 Å². The topological polar surface area (TPSA) is 79.5 Å². The lowest BCUT2D eigenvalue weighted by Gasteiger charge is -2.35. The van der Waals surface area contributed by atoms with Crippen molar-refractivity contribution in [1.29, 1.82) is 0 Å². The van der Waals surface area contributed by atoms with E-state index in [0.29, 0.717) is 31.3 Å². The summed E-state index contributed by atoms with van der Waals surface area (Å²) >= 11 is 0. The number of benzene rings is 1. The molecule has 0 bridgehead atoms. The van der Waals surface area contributed by atoms with Crippen molar-refractivity contribution >= 4 is 5.97 Å². The van der Waals surface area contributed by atoms with Gasteiger partial charge in [-0.05, 0) is 6.92 Å². The zero-order valence-corrected chi connectivity index (χ0v) is 11.1. The molecule has 6 heteroatoms. The largest absolute Gasteiger partial charge is 0.481 e. The number of nitrogens with zero attached hydrogens (tertiary/aromatic N) is 3. The first-order chi connectivity index (χ1) is 9.61. The summed E-state index contributed by atoms with van der Waals surface area (Å²) in [6.07, 6.45) is 0. The van der Waals surface area contributed by atoms with Crippen LogP contribution in [-0.2, 0) is 11.3 Å². The van der Waals surface area contributed by atoms with Crippen LogP contribution in [0, 0.1) is 12.8 Å². The molecule has 0 spiro atoms. The fraction of sp³-hybridized carbons (Fsp3) is 0.357. The number of hydrogen-bond donors (Lipinski definition) is 1. The Bertz CT molecular complexity index is 615. The molecule has 0 amide bonds. The number of aliphatic carboxylic acids is 1. The number of likely N-dealkylation sites (tertiary alicyclic amines) is 1. The van der Waals surface area contributed by atoms with E-state index in [1.807, 2.05) is 36.1 Å². The van der Waals surface area contributed by atoms with E-state index in [-0.39, 0.29) is 5.92 Å². The Hall–Kier alpha value is -2.21. The maximum atomic E-state index is 10.7. The number of carboxylic acids is 1. The molecule has 1 saturated heterocycles. The summed E-state index contributed by atoms with van der Waals surface area (Å²) < 4.78 is 5.20. The molecule has 0 atom stereocenters. The van der Waals surface area contributed by atoms with Crippen LogP contribution in [0.15, 0.2) is 28.8 Å². The summed E-state index contributed by atoms with van der Waals surface area (Å²) in [5, 5.41) is 12.8. The van der Waals surface area contributed by atoms with Gasteiger partial charge in [0, 0.05) is 18.7 Å². The first-order valence-corrected chi connectivity index (χ1v) is 6.46. The highest BCUT2D eigenvalue weighted by molar-refractivity contribution is 5.71. The molecule has 0 saturated carbocycles. The molecule has 1 aliphatic heterocycles. The zero-order valence-electron chi connectivity index (χ0n) is 11.1. The minimum absolute atomic E-state index is 0.269. The van der Waals surface area contributed by atoms with Gasteiger partial charge in [0.15, 0.2) is 0 Å². The highest BCUT2D eigenvalue weighted by Crippen LogP contribution is 2.20. The smallest absolute Gasteiger partial charge is 0.309 e. The van der Waals surface area contributed by atoms with Crippen LogP contribution < -0.4 is 0 Å². The van der Waals surface area contributed by atoms with Gasteiger partial charge in [0.05, 0.1) is 12.5 Å². The second-order valence-electron chi connectivity index (χ2n) is 5.11. The highest BCUT2D eigenvalue weighted by atomic mass is 16.5. The number of aryl methyl sites for hydroxylation is 1. The van der Waals surface area contributed by atoms with Gasteiger partial charge in [0.2, 0.25) is 11.7 Å². The number of carboxylic acid groups (broad SMARTS) is 1. The van der Waals surface area contributed by atoms with Crippen LogP contribution >= 0.6 is 0 Å². The fourth-order valence-electron chi connectivity index (χ4n) is 2.19. The molecule has 1 aromatic carbocycles. The molecule has 20 heavy (non-hydrogen) atoms. The van der Waals surface area contributed by atoms with E-state index in [1.54, 1.807) is 0 Å². The molecule has 1 aromatic heterocycles. The Morgan fingerprint density at radius 3 is 2.75 bits per heavy atom. The van der Waals surface area contributed by atoms with Gasteiger partial charge in [-0.25, -0.2) is 0 Å². The molecule has 2 aromatic rings. The van der Waals surface area contributed by atoms with E-state index in [2.05, 4.69) is 10.1 Å². The third-order valence-electron chi connectivity index (χ3n) is 3.44. The predicted molar refractivity (Wildman–Crippen MR) is 70.9 cm³/mol. The van der Waals surface area contributed by atoms with E-state index in [4.69, 9.17) is 9.63 Å². The molecule has 0 aliphatic carbocycles. The molecular formula is C14H15N3O3. The van der Waals surface area contributed by atoms with E-state index in [0.717, 1.165) is 5.56 Å². The standard InChI is InChI=1S/C14H15N3O3/c1-9-2-4-10(5-3-9)13-15-12(20-16-13)8-17-6-11(7-17)14(18)19/h2-5,11H,6-8H2,1H3,(H,18,19). The van der Waals surface area contributed by atoms with Gasteiger partial charge in [0.25, 0.3) is 0 Å². The van der Waals surface area contributed by atoms with Gasteiger partial charge in [-0.3, -0.25) is 9.69 Å². The van der Waals surface area contributed by atoms with Gasteiger partial charge in [-0.1, -0.05) is 35.0 Å².